The second kappa shape index (κ2) is 14.8. The molecule has 0 radical (unpaired) electrons. The van der Waals surface area contributed by atoms with Gasteiger partial charge in [0.2, 0.25) is 0 Å². The number of hydrogen-bond acceptors (Lipinski definition) is 6. The van der Waals surface area contributed by atoms with Crippen LogP contribution in [0.25, 0.3) is 0 Å². The molecular formula is C20H29IO6. The first-order chi connectivity index (χ1) is 13.1. The van der Waals surface area contributed by atoms with Crippen LogP contribution in [0.1, 0.15) is 60.2 Å². The van der Waals surface area contributed by atoms with Crippen molar-refractivity contribution in [2.75, 3.05) is 39.6 Å². The minimum atomic E-state index is -0.557. The first-order valence-corrected chi connectivity index (χ1v) is 10.5. The van der Waals surface area contributed by atoms with E-state index in [1.54, 1.807) is 18.2 Å². The Balaban J connectivity index is 2.54. The number of hydrogen-bond donors (Lipinski definition) is 0. The van der Waals surface area contributed by atoms with Gasteiger partial charge < -0.3 is 18.9 Å². The fourth-order valence-electron chi connectivity index (χ4n) is 2.14. The van der Waals surface area contributed by atoms with Crippen molar-refractivity contribution >= 4 is 34.5 Å². The molecule has 0 saturated carbocycles. The highest BCUT2D eigenvalue weighted by Crippen LogP contribution is 2.19. The molecule has 0 aliphatic heterocycles. The molecule has 0 aliphatic rings. The Morgan fingerprint density at radius 3 is 1.93 bits per heavy atom. The van der Waals surface area contributed by atoms with Crippen molar-refractivity contribution in [3.63, 3.8) is 0 Å². The molecule has 7 heteroatoms. The first kappa shape index (κ1) is 23.8. The SMILES string of the molecule is CCCCOCCOC(=O)c1cccc(I)c1C(=O)OCCOCCCC. The molecule has 27 heavy (non-hydrogen) atoms. The van der Waals surface area contributed by atoms with Gasteiger partial charge in [-0.1, -0.05) is 32.8 Å². The zero-order chi connectivity index (χ0) is 19.9. The number of esters is 2. The van der Waals surface area contributed by atoms with E-state index in [9.17, 15) is 9.59 Å². The van der Waals surface area contributed by atoms with E-state index in [0.29, 0.717) is 30.0 Å². The molecule has 0 amide bonds. The zero-order valence-corrected chi connectivity index (χ0v) is 18.3. The Labute approximate surface area is 175 Å². The summed E-state index contributed by atoms with van der Waals surface area (Å²) < 4.78 is 21.9. The molecule has 0 saturated heterocycles. The van der Waals surface area contributed by atoms with Crippen LogP contribution in [0.3, 0.4) is 0 Å². The fraction of sp³-hybridized carbons (Fsp3) is 0.600. The van der Waals surface area contributed by atoms with Gasteiger partial charge in [-0.05, 0) is 47.6 Å². The van der Waals surface area contributed by atoms with Crippen LogP contribution in [0.2, 0.25) is 0 Å². The Morgan fingerprint density at radius 2 is 1.37 bits per heavy atom. The van der Waals surface area contributed by atoms with Gasteiger partial charge in [0.1, 0.15) is 13.2 Å². The standard InChI is InChI=1S/C20H29IO6/c1-3-5-10-24-12-14-26-19(22)16-8-7-9-17(21)18(16)20(23)27-15-13-25-11-6-4-2/h7-9H,3-6,10-15H2,1-2H3. The average Bonchev–Trinajstić information content (AvgIpc) is 2.66. The van der Waals surface area contributed by atoms with E-state index in [0.717, 1.165) is 25.7 Å². The number of carbonyl (C=O) groups is 2. The van der Waals surface area contributed by atoms with Crippen molar-refractivity contribution < 1.29 is 28.5 Å². The second-order valence-corrected chi connectivity index (χ2v) is 7.03. The number of benzene rings is 1. The van der Waals surface area contributed by atoms with Crippen molar-refractivity contribution in [2.45, 2.75) is 39.5 Å². The molecule has 152 valence electrons. The van der Waals surface area contributed by atoms with Crippen molar-refractivity contribution in [3.8, 4) is 0 Å². The largest absolute Gasteiger partial charge is 0.460 e. The first-order valence-electron chi connectivity index (χ1n) is 9.40. The van der Waals surface area contributed by atoms with Crippen LogP contribution in [-0.4, -0.2) is 51.6 Å². The maximum absolute atomic E-state index is 12.4. The van der Waals surface area contributed by atoms with Gasteiger partial charge in [-0.3, -0.25) is 0 Å². The molecule has 0 bridgehead atoms. The molecule has 1 aromatic rings. The van der Waals surface area contributed by atoms with E-state index in [4.69, 9.17) is 18.9 Å². The number of carbonyl (C=O) groups excluding carboxylic acids is 2. The molecule has 0 N–H and O–H groups in total. The van der Waals surface area contributed by atoms with Crippen LogP contribution in [0, 0.1) is 3.57 Å². The third-order valence-electron chi connectivity index (χ3n) is 3.64. The molecule has 0 fully saturated rings. The van der Waals surface area contributed by atoms with E-state index in [-0.39, 0.29) is 24.3 Å². The minimum Gasteiger partial charge on any atom is -0.460 e. The molecule has 0 spiro atoms. The smallest absolute Gasteiger partial charge is 0.340 e. The highest BCUT2D eigenvalue weighted by atomic mass is 127. The van der Waals surface area contributed by atoms with Crippen LogP contribution in [0.4, 0.5) is 0 Å². The van der Waals surface area contributed by atoms with E-state index in [1.807, 2.05) is 22.6 Å². The predicted octanol–water partition coefficient (Wildman–Crippen LogP) is 4.24. The highest BCUT2D eigenvalue weighted by molar-refractivity contribution is 14.1. The summed E-state index contributed by atoms with van der Waals surface area (Å²) in [4.78, 5) is 24.8. The van der Waals surface area contributed by atoms with Gasteiger partial charge in [0.05, 0.1) is 24.3 Å². The minimum absolute atomic E-state index is 0.146. The molecule has 0 aliphatic carbocycles. The van der Waals surface area contributed by atoms with Crippen LogP contribution in [0.5, 0.6) is 0 Å². The Kier molecular flexibility index (Phi) is 13.1. The van der Waals surface area contributed by atoms with Crippen molar-refractivity contribution in [1.29, 1.82) is 0 Å². The Bertz CT molecular complexity index is 576. The van der Waals surface area contributed by atoms with E-state index >= 15 is 0 Å². The van der Waals surface area contributed by atoms with Gasteiger partial charge in [-0.2, -0.15) is 0 Å². The van der Waals surface area contributed by atoms with Gasteiger partial charge in [0.25, 0.3) is 0 Å². The van der Waals surface area contributed by atoms with Crippen molar-refractivity contribution in [3.05, 3.63) is 32.9 Å². The maximum Gasteiger partial charge on any atom is 0.340 e. The number of unbranched alkanes of at least 4 members (excludes halogenated alkanes) is 2. The highest BCUT2D eigenvalue weighted by Gasteiger charge is 2.22. The predicted molar refractivity (Wildman–Crippen MR) is 111 cm³/mol. The lowest BCUT2D eigenvalue weighted by molar-refractivity contribution is 0.0275. The molecule has 1 aromatic carbocycles. The van der Waals surface area contributed by atoms with E-state index in [1.165, 1.54) is 0 Å². The molecule has 0 aromatic heterocycles. The van der Waals surface area contributed by atoms with Gasteiger partial charge in [0.15, 0.2) is 0 Å². The normalized spacial score (nSPS) is 10.6. The summed E-state index contributed by atoms with van der Waals surface area (Å²) in [5.74, 6) is -1.11. The van der Waals surface area contributed by atoms with E-state index < -0.39 is 11.9 Å². The van der Waals surface area contributed by atoms with Crippen molar-refractivity contribution in [1.82, 2.24) is 0 Å². The van der Waals surface area contributed by atoms with Crippen LogP contribution < -0.4 is 0 Å². The summed E-state index contributed by atoms with van der Waals surface area (Å²) >= 11 is 2.01. The monoisotopic (exact) mass is 492 g/mol. The molecule has 1 rings (SSSR count). The summed E-state index contributed by atoms with van der Waals surface area (Å²) in [5, 5.41) is 0. The third kappa shape index (κ3) is 9.53. The maximum atomic E-state index is 12.4. The molecule has 0 atom stereocenters. The quantitative estimate of drug-likeness (QED) is 0.220. The topological polar surface area (TPSA) is 71.1 Å². The third-order valence-corrected chi connectivity index (χ3v) is 4.54. The summed E-state index contributed by atoms with van der Waals surface area (Å²) in [6.07, 6.45) is 4.06. The second-order valence-electron chi connectivity index (χ2n) is 5.87. The fourth-order valence-corrected chi connectivity index (χ4v) is 2.85. The summed E-state index contributed by atoms with van der Waals surface area (Å²) in [6, 6.07) is 5.02. The summed E-state index contributed by atoms with van der Waals surface area (Å²) in [6.45, 7) is 6.43. The van der Waals surface area contributed by atoms with E-state index in [2.05, 4.69) is 13.8 Å². The molecule has 0 unspecified atom stereocenters. The van der Waals surface area contributed by atoms with Crippen LogP contribution in [-0.2, 0) is 18.9 Å². The van der Waals surface area contributed by atoms with Gasteiger partial charge in [-0.25, -0.2) is 9.59 Å². The Morgan fingerprint density at radius 1 is 0.815 bits per heavy atom. The average molecular weight is 492 g/mol. The number of halogens is 1. The molecule has 0 heterocycles. The van der Waals surface area contributed by atoms with Gasteiger partial charge in [0, 0.05) is 16.8 Å². The molecule has 6 nitrogen and oxygen atoms in total. The summed E-state index contributed by atoms with van der Waals surface area (Å²) in [7, 11) is 0. The van der Waals surface area contributed by atoms with Gasteiger partial charge in [-0.15, -0.1) is 0 Å². The lowest BCUT2D eigenvalue weighted by atomic mass is 10.1. The van der Waals surface area contributed by atoms with Crippen molar-refractivity contribution in [2.24, 2.45) is 0 Å². The lowest BCUT2D eigenvalue weighted by Gasteiger charge is -2.12. The number of rotatable bonds is 14. The lowest BCUT2D eigenvalue weighted by Crippen LogP contribution is -2.19. The Hall–Kier alpha value is -1.19. The van der Waals surface area contributed by atoms with Gasteiger partial charge >= 0.3 is 11.9 Å². The molecular weight excluding hydrogens is 463 g/mol. The van der Waals surface area contributed by atoms with Crippen LogP contribution in [0.15, 0.2) is 18.2 Å². The zero-order valence-electron chi connectivity index (χ0n) is 16.1. The summed E-state index contributed by atoms with van der Waals surface area (Å²) in [5.41, 5.74) is 0.427. The number of ether oxygens (including phenoxy) is 4. The van der Waals surface area contributed by atoms with Crippen LogP contribution >= 0.6 is 22.6 Å².